The summed E-state index contributed by atoms with van der Waals surface area (Å²) in [6.45, 7) is 0.829. The lowest BCUT2D eigenvalue weighted by molar-refractivity contribution is -0.385. The van der Waals surface area contributed by atoms with Gasteiger partial charge in [-0.25, -0.2) is 0 Å². The van der Waals surface area contributed by atoms with Gasteiger partial charge in [0.05, 0.1) is 8.49 Å². The van der Waals surface area contributed by atoms with Crippen LogP contribution < -0.4 is 5.32 Å². The van der Waals surface area contributed by atoms with E-state index < -0.39 is 0 Å². The maximum atomic E-state index is 10.6. The number of terminal acetylenes is 1. The second-order valence-electron chi connectivity index (χ2n) is 3.51. The number of halogens is 1. The second kappa shape index (κ2) is 7.12. The molecule has 0 fully saturated rings. The largest absolute Gasteiger partial charge is 0.385 e. The van der Waals surface area contributed by atoms with Crippen LogP contribution in [0, 0.1) is 26.0 Å². The summed E-state index contributed by atoms with van der Waals surface area (Å²) in [5.41, 5.74) is 1.05. The summed E-state index contributed by atoms with van der Waals surface area (Å²) in [5, 5.41) is 13.8. The third-order valence-corrected chi connectivity index (χ3v) is 3.09. The minimum atomic E-state index is -0.377. The van der Waals surface area contributed by atoms with Crippen molar-refractivity contribution >= 4 is 34.0 Å². The third-order valence-electron chi connectivity index (χ3n) is 2.22. The minimum Gasteiger partial charge on any atom is -0.385 e. The Balaban J connectivity index is 2.48. The highest BCUT2D eigenvalue weighted by Crippen LogP contribution is 2.24. The molecule has 0 bridgehead atoms. The normalized spacial score (nSPS) is 9.65. The van der Waals surface area contributed by atoms with E-state index in [0.29, 0.717) is 3.57 Å². The van der Waals surface area contributed by atoms with Crippen LogP contribution >= 0.6 is 22.6 Å². The van der Waals surface area contributed by atoms with Gasteiger partial charge in [0.15, 0.2) is 0 Å². The molecule has 0 radical (unpaired) electrons. The monoisotopic (exact) mass is 344 g/mol. The molecular formula is C12H13IN2O2. The average molecular weight is 344 g/mol. The van der Waals surface area contributed by atoms with Crippen LogP contribution in [0.5, 0.6) is 0 Å². The third kappa shape index (κ3) is 4.61. The van der Waals surface area contributed by atoms with E-state index in [1.807, 2.05) is 22.6 Å². The first-order chi connectivity index (χ1) is 8.15. The first-order valence-electron chi connectivity index (χ1n) is 5.26. The summed E-state index contributed by atoms with van der Waals surface area (Å²) >= 11 is 1.97. The number of benzene rings is 1. The molecule has 0 aliphatic rings. The molecular weight excluding hydrogens is 331 g/mol. The smallest absolute Gasteiger partial charge is 0.282 e. The van der Waals surface area contributed by atoms with Crippen molar-refractivity contribution in [2.75, 3.05) is 11.9 Å². The van der Waals surface area contributed by atoms with Gasteiger partial charge in [0.2, 0.25) is 0 Å². The molecule has 0 saturated carbocycles. The van der Waals surface area contributed by atoms with E-state index in [1.165, 1.54) is 6.07 Å². The van der Waals surface area contributed by atoms with Crippen molar-refractivity contribution in [3.63, 3.8) is 0 Å². The number of nitro groups is 1. The van der Waals surface area contributed by atoms with Crippen LogP contribution in [0.1, 0.15) is 19.3 Å². The molecule has 0 aliphatic heterocycles. The SMILES string of the molecule is C#CCCCCNc1ccc([N+](=O)[O-])c(I)c1. The highest BCUT2D eigenvalue weighted by Gasteiger charge is 2.10. The van der Waals surface area contributed by atoms with Gasteiger partial charge in [-0.05, 0) is 47.6 Å². The summed E-state index contributed by atoms with van der Waals surface area (Å²) in [6.07, 6.45) is 7.93. The Morgan fingerprint density at radius 3 is 2.82 bits per heavy atom. The van der Waals surface area contributed by atoms with Crippen molar-refractivity contribution in [2.24, 2.45) is 0 Å². The molecule has 5 heteroatoms. The Morgan fingerprint density at radius 2 is 2.24 bits per heavy atom. The summed E-state index contributed by atoms with van der Waals surface area (Å²) in [4.78, 5) is 10.3. The zero-order valence-corrected chi connectivity index (χ0v) is 11.4. The topological polar surface area (TPSA) is 55.2 Å². The Hall–Kier alpha value is -1.29. The molecule has 1 N–H and O–H groups in total. The van der Waals surface area contributed by atoms with Gasteiger partial charge in [0, 0.05) is 24.7 Å². The lowest BCUT2D eigenvalue weighted by atomic mass is 10.2. The number of nitrogens with zero attached hydrogens (tertiary/aromatic N) is 1. The lowest BCUT2D eigenvalue weighted by Gasteiger charge is -2.06. The van der Waals surface area contributed by atoms with Gasteiger partial charge < -0.3 is 5.32 Å². The molecule has 0 amide bonds. The Bertz CT molecular complexity index is 441. The molecule has 1 aromatic carbocycles. The molecule has 1 rings (SSSR count). The van der Waals surface area contributed by atoms with Crippen LogP contribution in [-0.4, -0.2) is 11.5 Å². The van der Waals surface area contributed by atoms with E-state index in [9.17, 15) is 10.1 Å². The molecule has 0 spiro atoms. The van der Waals surface area contributed by atoms with Crippen molar-refractivity contribution in [3.05, 3.63) is 31.9 Å². The van der Waals surface area contributed by atoms with E-state index in [1.54, 1.807) is 12.1 Å². The first kappa shape index (κ1) is 13.8. The summed E-state index contributed by atoms with van der Waals surface area (Å²) in [6, 6.07) is 5.02. The van der Waals surface area contributed by atoms with Gasteiger partial charge >= 0.3 is 0 Å². The van der Waals surface area contributed by atoms with Crippen molar-refractivity contribution in [1.29, 1.82) is 0 Å². The number of unbranched alkanes of at least 4 members (excludes halogenated alkanes) is 2. The lowest BCUT2D eigenvalue weighted by Crippen LogP contribution is -2.02. The van der Waals surface area contributed by atoms with E-state index >= 15 is 0 Å². The fourth-order valence-electron chi connectivity index (χ4n) is 1.35. The predicted octanol–water partition coefficient (Wildman–Crippen LogP) is 3.41. The van der Waals surface area contributed by atoms with E-state index in [4.69, 9.17) is 6.42 Å². The maximum Gasteiger partial charge on any atom is 0.282 e. The van der Waals surface area contributed by atoms with Gasteiger partial charge in [-0.1, -0.05) is 0 Å². The van der Waals surface area contributed by atoms with Crippen LogP contribution in [0.25, 0.3) is 0 Å². The Labute approximate surface area is 114 Å². The summed E-state index contributed by atoms with van der Waals surface area (Å²) < 4.78 is 0.640. The summed E-state index contributed by atoms with van der Waals surface area (Å²) in [7, 11) is 0. The molecule has 0 atom stereocenters. The van der Waals surface area contributed by atoms with Gasteiger partial charge in [-0.15, -0.1) is 12.3 Å². The van der Waals surface area contributed by atoms with Crippen LogP contribution in [0.3, 0.4) is 0 Å². The van der Waals surface area contributed by atoms with Crippen LogP contribution in [0.2, 0.25) is 0 Å². The molecule has 17 heavy (non-hydrogen) atoms. The highest BCUT2D eigenvalue weighted by molar-refractivity contribution is 14.1. The van der Waals surface area contributed by atoms with E-state index in [2.05, 4.69) is 11.2 Å². The summed E-state index contributed by atoms with van der Waals surface area (Å²) in [5.74, 6) is 2.59. The van der Waals surface area contributed by atoms with Gasteiger partial charge in [0.1, 0.15) is 0 Å². The molecule has 90 valence electrons. The van der Waals surface area contributed by atoms with Gasteiger partial charge in [0.25, 0.3) is 5.69 Å². The van der Waals surface area contributed by atoms with Crippen LogP contribution in [0.15, 0.2) is 18.2 Å². The number of nitro benzene ring substituents is 1. The minimum absolute atomic E-state index is 0.142. The van der Waals surface area contributed by atoms with Crippen molar-refractivity contribution in [2.45, 2.75) is 19.3 Å². The average Bonchev–Trinajstić information content (AvgIpc) is 2.28. The Morgan fingerprint density at radius 1 is 1.47 bits per heavy atom. The zero-order chi connectivity index (χ0) is 12.7. The van der Waals surface area contributed by atoms with Crippen LogP contribution in [-0.2, 0) is 0 Å². The predicted molar refractivity (Wildman–Crippen MR) is 77.0 cm³/mol. The number of hydrogen-bond donors (Lipinski definition) is 1. The number of rotatable bonds is 6. The molecule has 0 unspecified atom stereocenters. The fourth-order valence-corrected chi connectivity index (χ4v) is 2.06. The van der Waals surface area contributed by atoms with E-state index in [0.717, 1.165) is 31.5 Å². The molecule has 4 nitrogen and oxygen atoms in total. The van der Waals surface area contributed by atoms with Gasteiger partial charge in [-0.3, -0.25) is 10.1 Å². The van der Waals surface area contributed by atoms with Crippen molar-refractivity contribution in [1.82, 2.24) is 0 Å². The molecule has 1 aromatic rings. The molecule has 0 aromatic heterocycles. The quantitative estimate of drug-likeness (QED) is 0.283. The standard InChI is InChI=1S/C12H13IN2O2/c1-2-3-4-5-8-14-10-6-7-12(15(16)17)11(13)9-10/h1,6-7,9,14H,3-5,8H2. The maximum absolute atomic E-state index is 10.6. The van der Waals surface area contributed by atoms with Crippen molar-refractivity contribution < 1.29 is 4.92 Å². The zero-order valence-electron chi connectivity index (χ0n) is 9.28. The van der Waals surface area contributed by atoms with Crippen LogP contribution in [0.4, 0.5) is 11.4 Å². The first-order valence-corrected chi connectivity index (χ1v) is 6.34. The number of nitrogens with one attached hydrogen (secondary N) is 1. The molecule has 0 saturated heterocycles. The van der Waals surface area contributed by atoms with Crippen molar-refractivity contribution in [3.8, 4) is 12.3 Å². The van der Waals surface area contributed by atoms with E-state index in [-0.39, 0.29) is 10.6 Å². The fraction of sp³-hybridized carbons (Fsp3) is 0.333. The number of hydrogen-bond acceptors (Lipinski definition) is 3. The second-order valence-corrected chi connectivity index (χ2v) is 4.67. The number of anilines is 1. The molecule has 0 aliphatic carbocycles. The van der Waals surface area contributed by atoms with Gasteiger partial charge in [-0.2, -0.15) is 0 Å². The molecule has 0 heterocycles. The Kier molecular flexibility index (Phi) is 5.77. The highest BCUT2D eigenvalue weighted by atomic mass is 127.